The minimum atomic E-state index is -0.554. The zero-order chi connectivity index (χ0) is 14.7. The van der Waals surface area contributed by atoms with Gasteiger partial charge in [0, 0.05) is 20.6 Å². The van der Waals surface area contributed by atoms with Crippen LogP contribution in [-0.4, -0.2) is 15.7 Å². The van der Waals surface area contributed by atoms with Gasteiger partial charge in [-0.1, -0.05) is 12.2 Å². The molecule has 0 aliphatic heterocycles. The minimum Gasteiger partial charge on any atom is -0.370 e. The lowest BCUT2D eigenvalue weighted by atomic mass is 9.94. The summed E-state index contributed by atoms with van der Waals surface area (Å²) in [6.07, 6.45) is 7.40. The van der Waals surface area contributed by atoms with Crippen molar-refractivity contribution in [2.24, 2.45) is 20.0 Å². The Morgan fingerprint density at radius 3 is 2.70 bits per heavy atom. The Labute approximate surface area is 117 Å². The van der Waals surface area contributed by atoms with Gasteiger partial charge >= 0.3 is 5.69 Å². The van der Waals surface area contributed by atoms with Gasteiger partial charge in [0.2, 0.25) is 0 Å². The molecule has 1 aromatic heterocycles. The molecule has 0 saturated heterocycles. The third-order valence-corrected chi connectivity index (χ3v) is 3.71. The Hall–Kier alpha value is -2.29. The monoisotopic (exact) mass is 274 g/mol. The second-order valence-electron chi connectivity index (χ2n) is 5.07. The molecule has 6 nitrogen and oxygen atoms in total. The molecule has 0 unspecified atom stereocenters. The van der Waals surface area contributed by atoms with E-state index in [2.05, 4.69) is 17.5 Å². The van der Waals surface area contributed by atoms with Gasteiger partial charge in [0.25, 0.3) is 5.56 Å². The van der Waals surface area contributed by atoms with Gasteiger partial charge in [-0.05, 0) is 25.2 Å². The third-order valence-electron chi connectivity index (χ3n) is 3.71. The summed E-state index contributed by atoms with van der Waals surface area (Å²) in [5.41, 5.74) is -0.998. The number of anilines is 1. The van der Waals surface area contributed by atoms with Crippen LogP contribution in [0.25, 0.3) is 0 Å². The number of hydrogen-bond acceptors (Lipinski definition) is 4. The van der Waals surface area contributed by atoms with Crippen LogP contribution in [0.3, 0.4) is 0 Å². The predicted octanol–water partition coefficient (Wildman–Crippen LogP) is 0.724. The summed E-state index contributed by atoms with van der Waals surface area (Å²) in [6.45, 7) is 0.652. The van der Waals surface area contributed by atoms with Crippen molar-refractivity contribution in [3.05, 3.63) is 38.6 Å². The number of rotatable bonds is 3. The van der Waals surface area contributed by atoms with E-state index in [4.69, 9.17) is 5.26 Å². The number of nitriles is 1. The van der Waals surface area contributed by atoms with Crippen molar-refractivity contribution in [3.63, 3.8) is 0 Å². The standard InChI is InChI=1S/C14H18N4O2/c1-17-12(16-9-10-6-4-3-5-7-10)11(8-15)13(19)18(2)14(17)20/h3-4,10,16H,5-7,9H2,1-2H3/t10-/m0/s1. The number of allylic oxidation sites excluding steroid dienone is 2. The Bertz CT molecular complexity index is 691. The average molecular weight is 274 g/mol. The van der Waals surface area contributed by atoms with E-state index >= 15 is 0 Å². The van der Waals surface area contributed by atoms with Crippen molar-refractivity contribution >= 4 is 5.82 Å². The van der Waals surface area contributed by atoms with E-state index in [1.807, 2.05) is 6.07 Å². The van der Waals surface area contributed by atoms with Gasteiger partial charge in [0.05, 0.1) is 0 Å². The molecule has 1 aliphatic rings. The number of aromatic nitrogens is 2. The molecule has 20 heavy (non-hydrogen) atoms. The van der Waals surface area contributed by atoms with Gasteiger partial charge in [-0.2, -0.15) is 5.26 Å². The fourth-order valence-electron chi connectivity index (χ4n) is 2.43. The van der Waals surface area contributed by atoms with Crippen LogP contribution in [0, 0.1) is 17.2 Å². The summed E-state index contributed by atoms with van der Waals surface area (Å²) in [7, 11) is 2.94. The van der Waals surface area contributed by atoms with E-state index in [1.165, 1.54) is 11.6 Å². The van der Waals surface area contributed by atoms with Crippen molar-refractivity contribution in [1.82, 2.24) is 9.13 Å². The van der Waals surface area contributed by atoms with Gasteiger partial charge in [-0.15, -0.1) is 0 Å². The molecule has 1 heterocycles. The van der Waals surface area contributed by atoms with Crippen LogP contribution in [0.1, 0.15) is 24.8 Å². The van der Waals surface area contributed by atoms with Crippen LogP contribution in [0.15, 0.2) is 21.7 Å². The summed E-state index contributed by atoms with van der Waals surface area (Å²) in [4.78, 5) is 23.8. The van der Waals surface area contributed by atoms with Crippen LogP contribution in [0.4, 0.5) is 5.82 Å². The smallest absolute Gasteiger partial charge is 0.332 e. The minimum absolute atomic E-state index is 0.0130. The molecule has 1 aliphatic carbocycles. The van der Waals surface area contributed by atoms with E-state index in [-0.39, 0.29) is 5.56 Å². The fourth-order valence-corrected chi connectivity index (χ4v) is 2.43. The molecule has 0 aromatic carbocycles. The van der Waals surface area contributed by atoms with Gasteiger partial charge < -0.3 is 5.32 Å². The molecule has 0 saturated carbocycles. The molecule has 2 rings (SSSR count). The summed E-state index contributed by atoms with van der Waals surface area (Å²) in [6, 6.07) is 1.89. The van der Waals surface area contributed by atoms with Crippen LogP contribution >= 0.6 is 0 Å². The molecule has 1 N–H and O–H groups in total. The number of nitrogens with zero attached hydrogens (tertiary/aromatic N) is 3. The second kappa shape index (κ2) is 5.78. The summed E-state index contributed by atoms with van der Waals surface area (Å²) < 4.78 is 2.27. The molecule has 106 valence electrons. The van der Waals surface area contributed by atoms with Crippen LogP contribution in [0.5, 0.6) is 0 Å². The van der Waals surface area contributed by atoms with Crippen molar-refractivity contribution in [1.29, 1.82) is 5.26 Å². The van der Waals surface area contributed by atoms with E-state index in [0.717, 1.165) is 23.8 Å². The van der Waals surface area contributed by atoms with Gasteiger partial charge in [0.15, 0.2) is 5.56 Å². The lowest BCUT2D eigenvalue weighted by Gasteiger charge is -2.20. The highest BCUT2D eigenvalue weighted by Gasteiger charge is 2.17. The predicted molar refractivity (Wildman–Crippen MR) is 76.6 cm³/mol. The molecular formula is C14H18N4O2. The second-order valence-corrected chi connectivity index (χ2v) is 5.07. The normalized spacial score (nSPS) is 17.8. The highest BCUT2D eigenvalue weighted by atomic mass is 16.2. The van der Waals surface area contributed by atoms with Crippen LogP contribution in [0.2, 0.25) is 0 Å². The van der Waals surface area contributed by atoms with Gasteiger partial charge in [-0.25, -0.2) is 4.79 Å². The Morgan fingerprint density at radius 2 is 2.10 bits per heavy atom. The lowest BCUT2D eigenvalue weighted by Crippen LogP contribution is -2.40. The SMILES string of the molecule is Cn1c(NC[C@H]2CC=CCC2)c(C#N)c(=O)n(C)c1=O. The van der Waals surface area contributed by atoms with E-state index in [1.54, 1.807) is 7.05 Å². The molecule has 0 spiro atoms. The average Bonchev–Trinajstić information content (AvgIpc) is 2.48. The van der Waals surface area contributed by atoms with Crippen molar-refractivity contribution < 1.29 is 0 Å². The zero-order valence-electron chi connectivity index (χ0n) is 11.7. The highest BCUT2D eigenvalue weighted by molar-refractivity contribution is 5.51. The molecular weight excluding hydrogens is 256 g/mol. The molecule has 6 heteroatoms. The van der Waals surface area contributed by atoms with E-state index in [0.29, 0.717) is 18.3 Å². The quantitative estimate of drug-likeness (QED) is 0.824. The van der Waals surface area contributed by atoms with Crippen LogP contribution in [-0.2, 0) is 14.1 Å². The third kappa shape index (κ3) is 2.52. The first kappa shape index (κ1) is 14.1. The maximum Gasteiger partial charge on any atom is 0.332 e. The van der Waals surface area contributed by atoms with Crippen LogP contribution < -0.4 is 16.6 Å². The van der Waals surface area contributed by atoms with E-state index < -0.39 is 11.2 Å². The first-order valence-corrected chi connectivity index (χ1v) is 6.65. The first-order valence-electron chi connectivity index (χ1n) is 6.65. The van der Waals surface area contributed by atoms with Crippen molar-refractivity contribution in [2.45, 2.75) is 19.3 Å². The van der Waals surface area contributed by atoms with E-state index in [9.17, 15) is 9.59 Å². The molecule has 0 fully saturated rings. The van der Waals surface area contributed by atoms with Crippen molar-refractivity contribution in [2.75, 3.05) is 11.9 Å². The summed E-state index contributed by atoms with van der Waals surface area (Å²) in [5, 5.41) is 12.3. The van der Waals surface area contributed by atoms with Gasteiger partial charge in [0.1, 0.15) is 11.9 Å². The first-order chi connectivity index (χ1) is 9.56. The summed E-state index contributed by atoms with van der Waals surface area (Å²) >= 11 is 0. The number of nitrogens with one attached hydrogen (secondary N) is 1. The fraction of sp³-hybridized carbons (Fsp3) is 0.500. The Balaban J connectivity index is 2.32. The number of hydrogen-bond donors (Lipinski definition) is 1. The molecule has 1 atom stereocenters. The zero-order valence-corrected chi connectivity index (χ0v) is 11.7. The Morgan fingerprint density at radius 1 is 1.35 bits per heavy atom. The molecule has 0 radical (unpaired) electrons. The Kier molecular flexibility index (Phi) is 4.08. The van der Waals surface area contributed by atoms with Crippen molar-refractivity contribution in [3.8, 4) is 6.07 Å². The molecule has 0 bridgehead atoms. The van der Waals surface area contributed by atoms with Gasteiger partial charge in [-0.3, -0.25) is 13.9 Å². The largest absolute Gasteiger partial charge is 0.370 e. The maximum atomic E-state index is 11.9. The lowest BCUT2D eigenvalue weighted by molar-refractivity contribution is 0.501. The topological polar surface area (TPSA) is 79.8 Å². The highest BCUT2D eigenvalue weighted by Crippen LogP contribution is 2.19. The summed E-state index contributed by atoms with van der Waals surface area (Å²) in [5.74, 6) is 0.779. The molecule has 1 aromatic rings. The molecule has 0 amide bonds. The maximum absolute atomic E-state index is 11.9.